The number of nitrogens with zero attached hydrogens (tertiary/aromatic N) is 1. The molecule has 0 aromatic heterocycles. The van der Waals surface area contributed by atoms with Gasteiger partial charge < -0.3 is 44.6 Å². The van der Waals surface area contributed by atoms with Crippen LogP contribution in [0.1, 0.15) is 17.5 Å². The summed E-state index contributed by atoms with van der Waals surface area (Å²) in [6.07, 6.45) is -2.02. The second kappa shape index (κ2) is 7.14. The van der Waals surface area contributed by atoms with Gasteiger partial charge in [0.05, 0.1) is 6.61 Å². The molecule has 6 rings (SSSR count). The zero-order valence-electron chi connectivity index (χ0n) is 17.7. The number of phenolic OH excluding ortho intramolecular Hbond substituents is 1. The van der Waals surface area contributed by atoms with Crippen molar-refractivity contribution in [1.82, 2.24) is 4.90 Å². The van der Waals surface area contributed by atoms with Crippen molar-refractivity contribution in [2.24, 2.45) is 5.92 Å². The van der Waals surface area contributed by atoms with Crippen molar-refractivity contribution in [3.8, 4) is 11.5 Å². The van der Waals surface area contributed by atoms with Crippen molar-refractivity contribution >= 4 is 0 Å². The molecule has 32 heavy (non-hydrogen) atoms. The number of aromatic hydroxyl groups is 1. The summed E-state index contributed by atoms with van der Waals surface area (Å²) < 4.78 is 18.1. The van der Waals surface area contributed by atoms with Crippen LogP contribution in [0.5, 0.6) is 11.5 Å². The lowest BCUT2D eigenvalue weighted by Crippen LogP contribution is -2.66. The molecule has 0 amide bonds. The number of aliphatic hydroxyl groups excluding tert-OH is 4. The van der Waals surface area contributed by atoms with E-state index in [2.05, 4.69) is 18.0 Å². The standard InChI is InChI=1S/C23H29NO8/c1-24-7-6-23-11-3-5-14(30-22-19(29)18(28)17(27)15(9-25)31-22)21(23)32-20-13(26)4-2-10(16(20)23)8-12(11)24/h2-5,11-12,14-15,17-19,21-22,25-29H,6-9H2,1H3/t11-,12+,14-,15+,17+,18-,19+,21-,22-,23-/m0/s1. The van der Waals surface area contributed by atoms with Gasteiger partial charge in [0.15, 0.2) is 17.8 Å². The number of likely N-dealkylation sites (tertiary alicyclic amines) is 1. The maximum Gasteiger partial charge on any atom is 0.187 e. The Bertz CT molecular complexity index is 952. The van der Waals surface area contributed by atoms with Crippen molar-refractivity contribution in [3.63, 3.8) is 0 Å². The highest BCUT2D eigenvalue weighted by atomic mass is 16.7. The Labute approximate surface area is 185 Å². The Kier molecular flexibility index (Phi) is 4.65. The molecule has 5 N–H and O–H groups in total. The van der Waals surface area contributed by atoms with Gasteiger partial charge >= 0.3 is 0 Å². The average molecular weight is 447 g/mol. The van der Waals surface area contributed by atoms with E-state index in [9.17, 15) is 25.5 Å². The Morgan fingerprint density at radius 1 is 1.16 bits per heavy atom. The number of benzene rings is 1. The number of aliphatic hydroxyl groups is 4. The van der Waals surface area contributed by atoms with Gasteiger partial charge in [0, 0.05) is 22.9 Å². The number of hydrogen-bond donors (Lipinski definition) is 5. The van der Waals surface area contributed by atoms with Gasteiger partial charge in [-0.3, -0.25) is 0 Å². The summed E-state index contributed by atoms with van der Waals surface area (Å²) in [6, 6.07) is 3.97. The molecule has 10 atom stereocenters. The molecule has 0 radical (unpaired) electrons. The minimum absolute atomic E-state index is 0.107. The van der Waals surface area contributed by atoms with Gasteiger partial charge in [0.2, 0.25) is 0 Å². The lowest BCUT2D eigenvalue weighted by Gasteiger charge is -2.57. The second-order valence-electron chi connectivity index (χ2n) is 9.74. The summed E-state index contributed by atoms with van der Waals surface area (Å²) in [5.41, 5.74) is 1.87. The third kappa shape index (κ3) is 2.58. The fraction of sp³-hybridized carbons (Fsp3) is 0.652. The topological polar surface area (TPSA) is 132 Å². The summed E-state index contributed by atoms with van der Waals surface area (Å²) in [5, 5.41) is 50.8. The highest BCUT2D eigenvalue weighted by molar-refractivity contribution is 5.61. The average Bonchev–Trinajstić information content (AvgIpc) is 3.14. The van der Waals surface area contributed by atoms with E-state index >= 15 is 0 Å². The van der Waals surface area contributed by atoms with Crippen LogP contribution in [0.25, 0.3) is 0 Å². The van der Waals surface area contributed by atoms with Crippen LogP contribution in [0.15, 0.2) is 24.3 Å². The van der Waals surface area contributed by atoms with Gasteiger partial charge in [-0.05, 0) is 38.1 Å². The molecule has 0 unspecified atom stereocenters. The van der Waals surface area contributed by atoms with Crippen molar-refractivity contribution in [1.29, 1.82) is 0 Å². The van der Waals surface area contributed by atoms with Crippen molar-refractivity contribution in [3.05, 3.63) is 35.4 Å². The quantitative estimate of drug-likeness (QED) is 0.371. The fourth-order valence-electron chi connectivity index (χ4n) is 6.67. The van der Waals surface area contributed by atoms with E-state index in [1.54, 1.807) is 6.07 Å². The Balaban J connectivity index is 1.38. The number of piperidine rings is 1. The maximum absolute atomic E-state index is 10.6. The molecule has 2 bridgehead atoms. The summed E-state index contributed by atoms with van der Waals surface area (Å²) in [6.45, 7) is 0.365. The van der Waals surface area contributed by atoms with Gasteiger partial charge in [0.1, 0.15) is 36.6 Å². The van der Waals surface area contributed by atoms with Crippen molar-refractivity contribution < 1.29 is 39.7 Å². The molecule has 3 aliphatic heterocycles. The number of hydrogen-bond acceptors (Lipinski definition) is 9. The lowest BCUT2D eigenvalue weighted by atomic mass is 9.53. The minimum Gasteiger partial charge on any atom is -0.504 e. The number of likely N-dealkylation sites (N-methyl/N-ethyl adjacent to an activating group) is 1. The van der Waals surface area contributed by atoms with Crippen LogP contribution in [0, 0.1) is 5.92 Å². The molecule has 174 valence electrons. The van der Waals surface area contributed by atoms with Gasteiger partial charge in [-0.1, -0.05) is 18.2 Å². The van der Waals surface area contributed by atoms with Gasteiger partial charge in [0.25, 0.3) is 0 Å². The van der Waals surface area contributed by atoms with Crippen molar-refractivity contribution in [2.45, 2.75) is 67.2 Å². The predicted molar refractivity (Wildman–Crippen MR) is 110 cm³/mol. The molecule has 2 saturated heterocycles. The lowest BCUT2D eigenvalue weighted by molar-refractivity contribution is -0.314. The molecule has 1 aromatic rings. The van der Waals surface area contributed by atoms with Crippen LogP contribution < -0.4 is 4.74 Å². The van der Waals surface area contributed by atoms with Crippen LogP contribution >= 0.6 is 0 Å². The summed E-state index contributed by atoms with van der Waals surface area (Å²) in [5.74, 6) is 0.804. The summed E-state index contributed by atoms with van der Waals surface area (Å²) >= 11 is 0. The van der Waals surface area contributed by atoms with Crippen molar-refractivity contribution in [2.75, 3.05) is 20.2 Å². The minimum atomic E-state index is -1.51. The first kappa shape index (κ1) is 20.9. The molecule has 2 fully saturated rings. The van der Waals surface area contributed by atoms with Gasteiger partial charge in [-0.25, -0.2) is 0 Å². The molecule has 2 aliphatic carbocycles. The van der Waals surface area contributed by atoms with E-state index in [1.165, 1.54) is 5.56 Å². The van der Waals surface area contributed by atoms with Crippen LogP contribution in [0.4, 0.5) is 0 Å². The van der Waals surface area contributed by atoms with Crippen LogP contribution in [-0.2, 0) is 21.3 Å². The zero-order valence-corrected chi connectivity index (χ0v) is 17.7. The smallest absolute Gasteiger partial charge is 0.187 e. The van der Waals surface area contributed by atoms with Gasteiger partial charge in [-0.15, -0.1) is 0 Å². The van der Waals surface area contributed by atoms with E-state index in [1.807, 2.05) is 12.1 Å². The fourth-order valence-corrected chi connectivity index (χ4v) is 6.67. The van der Waals surface area contributed by atoms with E-state index in [0.29, 0.717) is 11.8 Å². The van der Waals surface area contributed by atoms with Crippen LogP contribution in [0.3, 0.4) is 0 Å². The first-order valence-electron chi connectivity index (χ1n) is 11.2. The normalized spacial score (nSPS) is 46.6. The van der Waals surface area contributed by atoms with Gasteiger partial charge in [-0.2, -0.15) is 0 Å². The summed E-state index contributed by atoms with van der Waals surface area (Å²) in [4.78, 5) is 2.38. The molecule has 9 heteroatoms. The molecule has 1 spiro atoms. The second-order valence-corrected chi connectivity index (χ2v) is 9.74. The molecular formula is C23H29NO8. The highest BCUT2D eigenvalue weighted by Gasteiger charge is 2.65. The summed E-state index contributed by atoms with van der Waals surface area (Å²) in [7, 11) is 2.14. The molecule has 5 aliphatic rings. The SMILES string of the molecule is CN1CC[C@]23c4c5ccc(O)c4O[C@H]2[C@@H](O[C@H]2O[C@H](CO)[C@@H](O)[C@H](O)[C@H]2O)C=C[C@H]3[C@H]1C5. The molecule has 1 aromatic carbocycles. The Hall–Kier alpha value is -1.72. The highest BCUT2D eigenvalue weighted by Crippen LogP contribution is 2.62. The predicted octanol–water partition coefficient (Wildman–Crippen LogP) is -0.978. The van der Waals surface area contributed by atoms with E-state index in [0.717, 1.165) is 24.9 Å². The monoisotopic (exact) mass is 447 g/mol. The third-order valence-electron chi connectivity index (χ3n) is 8.27. The number of rotatable bonds is 3. The molecule has 0 saturated carbocycles. The molecule has 9 nitrogen and oxygen atoms in total. The maximum atomic E-state index is 10.6. The Morgan fingerprint density at radius 2 is 1.97 bits per heavy atom. The van der Waals surface area contributed by atoms with E-state index < -0.39 is 49.5 Å². The number of phenols is 1. The molecular weight excluding hydrogens is 418 g/mol. The Morgan fingerprint density at radius 3 is 2.75 bits per heavy atom. The van der Waals surface area contributed by atoms with E-state index in [4.69, 9.17) is 14.2 Å². The molecule has 3 heterocycles. The number of ether oxygens (including phenoxy) is 3. The largest absolute Gasteiger partial charge is 0.504 e. The zero-order chi connectivity index (χ0) is 22.4. The van der Waals surface area contributed by atoms with Crippen LogP contribution in [-0.4, -0.2) is 99.6 Å². The first-order valence-corrected chi connectivity index (χ1v) is 11.2. The van der Waals surface area contributed by atoms with E-state index in [-0.39, 0.29) is 17.1 Å². The van der Waals surface area contributed by atoms with Crippen LogP contribution in [0.2, 0.25) is 0 Å². The first-order chi connectivity index (χ1) is 15.4. The third-order valence-corrected chi connectivity index (χ3v) is 8.27.